The van der Waals surface area contributed by atoms with E-state index in [2.05, 4.69) is 82.8 Å². The van der Waals surface area contributed by atoms with E-state index in [-0.39, 0.29) is 11.0 Å². The molecule has 0 radical (unpaired) electrons. The quantitative estimate of drug-likeness (QED) is 0.150. The van der Waals surface area contributed by atoms with E-state index in [1.807, 2.05) is 0 Å². The molecule has 7 bridgehead atoms. The zero-order valence-corrected chi connectivity index (χ0v) is 25.4. The smallest absolute Gasteiger partial charge is 0.223 e. The van der Waals surface area contributed by atoms with Gasteiger partial charge < -0.3 is 0 Å². The molecule has 5 fully saturated rings. The summed E-state index contributed by atoms with van der Waals surface area (Å²) in [5.41, 5.74) is 11.6. The summed E-state index contributed by atoms with van der Waals surface area (Å²) in [5.74, 6) is 6.01. The summed E-state index contributed by atoms with van der Waals surface area (Å²) in [6, 6.07) is 24.4. The van der Waals surface area contributed by atoms with Crippen molar-refractivity contribution in [3.05, 3.63) is 83.6 Å². The molecule has 9 unspecified atom stereocenters. The van der Waals surface area contributed by atoms with Gasteiger partial charge in [-0.2, -0.15) is 4.40 Å². The largest absolute Gasteiger partial charge is 0.296 e. The van der Waals surface area contributed by atoms with Crippen molar-refractivity contribution in [1.29, 1.82) is 0 Å². The lowest BCUT2D eigenvalue weighted by Crippen LogP contribution is -2.53. The molecule has 0 N–H and O–H groups in total. The highest BCUT2D eigenvalue weighted by Crippen LogP contribution is 2.71. The lowest BCUT2D eigenvalue weighted by molar-refractivity contribution is -0.721. The maximum absolute atomic E-state index is 2.92. The summed E-state index contributed by atoms with van der Waals surface area (Å²) in [5, 5.41) is 4.43. The minimum atomic E-state index is 0.228. The number of para-hydroxylation sites is 1. The van der Waals surface area contributed by atoms with Crippen LogP contribution in [-0.2, 0) is 11.0 Å². The highest BCUT2D eigenvalue weighted by Gasteiger charge is 2.75. The van der Waals surface area contributed by atoms with Gasteiger partial charge in [-0.1, -0.05) is 67.9 Å². The van der Waals surface area contributed by atoms with E-state index in [1.165, 1.54) is 91.8 Å². The molecule has 1 spiro atoms. The lowest BCUT2D eigenvalue weighted by Gasteiger charge is -2.35. The molecule has 7 aliphatic rings. The van der Waals surface area contributed by atoms with Gasteiger partial charge in [0.05, 0.1) is 5.39 Å². The van der Waals surface area contributed by atoms with Gasteiger partial charge in [0.1, 0.15) is 17.3 Å². The summed E-state index contributed by atoms with van der Waals surface area (Å²) >= 11 is 0. The van der Waals surface area contributed by atoms with Crippen LogP contribution in [0, 0.1) is 29.6 Å². The van der Waals surface area contributed by atoms with E-state index in [0.29, 0.717) is 0 Å². The molecule has 5 aromatic rings. The van der Waals surface area contributed by atoms with Crippen LogP contribution in [0.2, 0.25) is 0 Å². The van der Waals surface area contributed by atoms with Crippen molar-refractivity contribution in [2.45, 2.75) is 93.9 Å². The van der Waals surface area contributed by atoms with Crippen LogP contribution in [0.1, 0.15) is 99.7 Å². The van der Waals surface area contributed by atoms with Gasteiger partial charge in [-0.05, 0) is 116 Å². The van der Waals surface area contributed by atoms with Crippen molar-refractivity contribution in [3.8, 4) is 11.3 Å². The van der Waals surface area contributed by atoms with Gasteiger partial charge in [-0.25, -0.2) is 4.57 Å². The minimum Gasteiger partial charge on any atom is -0.223 e. The predicted molar refractivity (Wildman–Crippen MR) is 172 cm³/mol. The maximum Gasteiger partial charge on any atom is 0.296 e. The number of hydrogen-bond acceptors (Lipinski definition) is 0. The summed E-state index contributed by atoms with van der Waals surface area (Å²) < 4.78 is 5.71. The molecule has 2 aliphatic heterocycles. The Balaban J connectivity index is 1.29. The first-order chi connectivity index (χ1) is 21.2. The Morgan fingerprint density at radius 2 is 1.58 bits per heavy atom. The molecule has 5 aliphatic carbocycles. The van der Waals surface area contributed by atoms with Gasteiger partial charge in [0.25, 0.3) is 5.65 Å². The second-order valence-corrected chi connectivity index (χ2v) is 16.3. The predicted octanol–water partition coefficient (Wildman–Crippen LogP) is 9.40. The number of imidazole rings is 1. The first-order valence-corrected chi connectivity index (χ1v) is 17.7. The molecule has 2 nitrogen and oxygen atoms in total. The minimum absolute atomic E-state index is 0.228. The van der Waals surface area contributed by atoms with E-state index in [0.717, 1.165) is 41.4 Å². The number of rotatable bonds is 2. The van der Waals surface area contributed by atoms with Crippen LogP contribution in [0.4, 0.5) is 0 Å². The monoisotopic (exact) mass is 561 g/mol. The zero-order chi connectivity index (χ0) is 27.8. The number of fused-ring (bicyclic) bond motifs is 14. The van der Waals surface area contributed by atoms with Gasteiger partial charge in [0.2, 0.25) is 0 Å². The number of hydrogen-bond donors (Lipinski definition) is 0. The number of benzene rings is 3. The van der Waals surface area contributed by atoms with Gasteiger partial charge >= 0.3 is 0 Å². The lowest BCUT2D eigenvalue weighted by atomic mass is 9.71. The van der Waals surface area contributed by atoms with Gasteiger partial charge in [0, 0.05) is 28.2 Å². The van der Waals surface area contributed by atoms with E-state index < -0.39 is 0 Å². The van der Waals surface area contributed by atoms with Crippen LogP contribution < -0.4 is 4.57 Å². The Labute approximate surface area is 254 Å². The average Bonchev–Trinajstić information content (AvgIpc) is 3.70. The Morgan fingerprint density at radius 3 is 2.37 bits per heavy atom. The Bertz CT molecular complexity index is 2070. The molecule has 2 heteroatoms. The normalized spacial score (nSPS) is 39.0. The first kappa shape index (κ1) is 23.3. The fourth-order valence-electron chi connectivity index (χ4n) is 13.5. The van der Waals surface area contributed by atoms with Crippen molar-refractivity contribution in [1.82, 2.24) is 4.40 Å². The molecule has 3 aromatic carbocycles. The van der Waals surface area contributed by atoms with Crippen LogP contribution in [0.25, 0.3) is 38.6 Å². The van der Waals surface area contributed by atoms with Gasteiger partial charge in [0.15, 0.2) is 5.69 Å². The van der Waals surface area contributed by atoms with Crippen LogP contribution in [0.15, 0.2) is 66.9 Å². The van der Waals surface area contributed by atoms with E-state index in [1.54, 1.807) is 27.6 Å². The molecule has 4 heterocycles. The van der Waals surface area contributed by atoms with Crippen LogP contribution in [-0.4, -0.2) is 4.40 Å². The molecule has 0 amide bonds. The van der Waals surface area contributed by atoms with Crippen LogP contribution in [0.3, 0.4) is 0 Å². The number of aromatic nitrogens is 2. The van der Waals surface area contributed by atoms with Crippen molar-refractivity contribution in [3.63, 3.8) is 0 Å². The van der Waals surface area contributed by atoms with Crippen LogP contribution >= 0.6 is 0 Å². The second-order valence-electron chi connectivity index (χ2n) is 16.3. The maximum atomic E-state index is 2.92. The summed E-state index contributed by atoms with van der Waals surface area (Å²) in [6.07, 6.45) is 16.9. The van der Waals surface area contributed by atoms with Crippen molar-refractivity contribution in [2.24, 2.45) is 29.6 Å². The Hall–Kier alpha value is -3.13. The molecule has 0 saturated heterocycles. The number of nitrogens with zero attached hydrogens (tertiary/aromatic N) is 2. The fourth-order valence-corrected chi connectivity index (χ4v) is 13.5. The van der Waals surface area contributed by atoms with E-state index >= 15 is 0 Å². The van der Waals surface area contributed by atoms with Crippen molar-refractivity contribution in [2.75, 3.05) is 0 Å². The third-order valence-electron chi connectivity index (χ3n) is 15.1. The standard InChI is InChI=1S/C41H41N2/c1-2-40-22-41(40)20-27-18-26-17-25(27)19-33(26)31-9-5-8-30(32-16-23-13-14-24(32)15-23)37(31)36-21-42(41)39-38-29(10-6-11-34(38)40)28-7-3-4-12-35(28)43(36)39/h3-12,21,23-27,32-33H,2,13-20,22H2,1H3/q+1. The topological polar surface area (TPSA) is 8.29 Å². The molecule has 214 valence electrons. The SMILES string of the molecule is CCC12CC13CC1CC4CC1CC4c1cccc(C4CC5CCC4C5)c1-c1c[n+]3c3c4c2cccc4c2ccccc2n13. The molecular formula is C41H41N2+. The molecular weight excluding hydrogens is 520 g/mol. The molecule has 12 rings (SSSR count). The molecule has 9 atom stereocenters. The van der Waals surface area contributed by atoms with E-state index in [4.69, 9.17) is 0 Å². The Morgan fingerprint density at radius 1 is 0.767 bits per heavy atom. The van der Waals surface area contributed by atoms with Gasteiger partial charge in [-0.15, -0.1) is 0 Å². The first-order valence-electron chi connectivity index (χ1n) is 17.7. The summed E-state index contributed by atoms with van der Waals surface area (Å²) in [6.45, 7) is 2.50. The third-order valence-corrected chi connectivity index (χ3v) is 15.1. The molecule has 5 saturated carbocycles. The summed E-state index contributed by atoms with van der Waals surface area (Å²) in [7, 11) is 0. The summed E-state index contributed by atoms with van der Waals surface area (Å²) in [4.78, 5) is 0. The van der Waals surface area contributed by atoms with Crippen LogP contribution in [0.5, 0.6) is 0 Å². The van der Waals surface area contributed by atoms with Crippen molar-refractivity contribution >= 4 is 27.3 Å². The average molecular weight is 562 g/mol. The molecule has 43 heavy (non-hydrogen) atoms. The van der Waals surface area contributed by atoms with Gasteiger partial charge in [-0.3, -0.25) is 0 Å². The molecule has 2 aromatic heterocycles. The van der Waals surface area contributed by atoms with Crippen molar-refractivity contribution < 1.29 is 4.57 Å². The van der Waals surface area contributed by atoms with E-state index in [9.17, 15) is 0 Å². The highest BCUT2D eigenvalue weighted by molar-refractivity contribution is 6.13. The third kappa shape index (κ3) is 2.48. The Kier molecular flexibility index (Phi) is 4.00. The fraction of sp³-hybridized carbons (Fsp3) is 0.488. The number of pyridine rings is 1. The second kappa shape index (κ2) is 7.39. The highest BCUT2D eigenvalue weighted by atomic mass is 15.2. The zero-order valence-electron chi connectivity index (χ0n) is 25.4.